The summed E-state index contributed by atoms with van der Waals surface area (Å²) in [6, 6.07) is 22.1. The molecule has 0 atom stereocenters. The molecule has 0 bridgehead atoms. The lowest BCUT2D eigenvalue weighted by Gasteiger charge is -2.17. The molecule has 5 heteroatoms. The number of hydrogen-bond donors (Lipinski definition) is 0. The van der Waals surface area contributed by atoms with Crippen LogP contribution in [0.3, 0.4) is 0 Å². The molecule has 0 saturated carbocycles. The van der Waals surface area contributed by atoms with Crippen LogP contribution in [0.2, 0.25) is 0 Å². The third-order valence-electron chi connectivity index (χ3n) is 6.15. The van der Waals surface area contributed by atoms with Gasteiger partial charge in [-0.1, -0.05) is 48.5 Å². The van der Waals surface area contributed by atoms with Gasteiger partial charge in [-0.15, -0.1) is 0 Å². The highest BCUT2D eigenvalue weighted by Crippen LogP contribution is 2.33. The molecule has 1 aliphatic rings. The topological polar surface area (TPSA) is 51.5 Å². The Kier molecular flexibility index (Phi) is 6.31. The largest absolute Gasteiger partial charge is 0.465 e. The Morgan fingerprint density at radius 2 is 1.61 bits per heavy atom. The third kappa shape index (κ3) is 4.27. The van der Waals surface area contributed by atoms with Crippen LogP contribution in [-0.2, 0) is 20.7 Å². The maximum absolute atomic E-state index is 13.4. The second-order valence-corrected chi connectivity index (χ2v) is 8.20. The Morgan fingerprint density at radius 1 is 0.970 bits per heavy atom. The van der Waals surface area contributed by atoms with Crippen LogP contribution in [0, 0.1) is 13.8 Å². The second-order valence-electron chi connectivity index (χ2n) is 8.20. The van der Waals surface area contributed by atoms with E-state index in [-0.39, 0.29) is 5.91 Å². The number of rotatable bonds is 6. The fourth-order valence-electron chi connectivity index (χ4n) is 4.45. The fraction of sp³-hybridized carbons (Fsp3) is 0.214. The van der Waals surface area contributed by atoms with E-state index < -0.39 is 5.97 Å². The molecular weight excluding hydrogens is 412 g/mol. The van der Waals surface area contributed by atoms with Crippen LogP contribution in [0.25, 0.3) is 11.8 Å². The normalized spacial score (nSPS) is 15.0. The molecule has 3 aromatic rings. The number of amides is 1. The van der Waals surface area contributed by atoms with Gasteiger partial charge in [0.15, 0.2) is 0 Å². The molecule has 4 rings (SSSR count). The minimum absolute atomic E-state index is 0.173. The number of esters is 1. The molecule has 0 spiro atoms. The second kappa shape index (κ2) is 9.33. The third-order valence-corrected chi connectivity index (χ3v) is 6.15. The van der Waals surface area contributed by atoms with Crippen LogP contribution in [0.15, 0.2) is 83.6 Å². The van der Waals surface area contributed by atoms with E-state index in [2.05, 4.69) is 4.57 Å². The van der Waals surface area contributed by atoms with Gasteiger partial charge in [0.2, 0.25) is 0 Å². The molecule has 0 fully saturated rings. The smallest absolute Gasteiger partial charge is 0.340 e. The Morgan fingerprint density at radius 3 is 2.24 bits per heavy atom. The van der Waals surface area contributed by atoms with Crippen molar-refractivity contribution in [2.24, 2.45) is 0 Å². The van der Waals surface area contributed by atoms with Crippen molar-refractivity contribution >= 4 is 18.0 Å². The summed E-state index contributed by atoms with van der Waals surface area (Å²) in [5, 5.41) is 0. The van der Waals surface area contributed by atoms with Crippen molar-refractivity contribution in [1.82, 2.24) is 9.47 Å². The van der Waals surface area contributed by atoms with Gasteiger partial charge in [0.1, 0.15) is 0 Å². The van der Waals surface area contributed by atoms with Crippen molar-refractivity contribution in [2.45, 2.75) is 27.2 Å². The summed E-state index contributed by atoms with van der Waals surface area (Å²) < 4.78 is 7.18. The Balaban J connectivity index is 1.72. The predicted octanol–water partition coefficient (Wildman–Crippen LogP) is 5.01. The van der Waals surface area contributed by atoms with Gasteiger partial charge in [-0.05, 0) is 62.6 Å². The van der Waals surface area contributed by atoms with Gasteiger partial charge >= 0.3 is 5.97 Å². The molecule has 0 saturated heterocycles. The number of allylic oxidation sites excluding steroid dienone is 1. The lowest BCUT2D eigenvalue weighted by atomic mass is 10.0. The van der Waals surface area contributed by atoms with E-state index in [4.69, 9.17) is 4.74 Å². The summed E-state index contributed by atoms with van der Waals surface area (Å²) in [6.07, 6.45) is 2.52. The molecule has 168 valence electrons. The van der Waals surface area contributed by atoms with E-state index in [0.29, 0.717) is 29.8 Å². The van der Waals surface area contributed by atoms with Crippen LogP contribution >= 0.6 is 0 Å². The van der Waals surface area contributed by atoms with Crippen molar-refractivity contribution in [2.75, 3.05) is 13.7 Å². The van der Waals surface area contributed by atoms with Crippen LogP contribution in [-0.4, -0.2) is 35.0 Å². The molecule has 0 radical (unpaired) electrons. The molecule has 1 aromatic heterocycles. The Hall–Kier alpha value is -3.86. The number of benzene rings is 2. The molecule has 33 heavy (non-hydrogen) atoms. The number of ether oxygens (including phenoxy) is 1. The summed E-state index contributed by atoms with van der Waals surface area (Å²) in [5.74, 6) is -0.667. The number of carbonyl (C=O) groups excluding carboxylic acids is 2. The number of nitrogens with zero attached hydrogens (tertiary/aromatic N) is 2. The monoisotopic (exact) mass is 440 g/mol. The lowest BCUT2D eigenvalue weighted by Crippen LogP contribution is -2.27. The van der Waals surface area contributed by atoms with Crippen molar-refractivity contribution in [3.05, 3.63) is 106 Å². The zero-order chi connectivity index (χ0) is 23.5. The number of aromatic nitrogens is 1. The van der Waals surface area contributed by atoms with Gasteiger partial charge in [0.05, 0.1) is 18.3 Å². The summed E-state index contributed by atoms with van der Waals surface area (Å²) in [4.78, 5) is 27.8. The number of aryl methyl sites for hydroxylation is 1. The van der Waals surface area contributed by atoms with Gasteiger partial charge in [-0.2, -0.15) is 0 Å². The molecule has 0 N–H and O–H groups in total. The number of hydrogen-bond acceptors (Lipinski definition) is 3. The number of para-hydroxylation sites is 1. The van der Waals surface area contributed by atoms with Gasteiger partial charge in [0.25, 0.3) is 5.91 Å². The molecule has 0 aliphatic carbocycles. The quantitative estimate of drug-likeness (QED) is 0.400. The van der Waals surface area contributed by atoms with E-state index in [1.54, 1.807) is 4.90 Å². The Bertz CT molecular complexity index is 1250. The molecule has 0 unspecified atom stereocenters. The van der Waals surface area contributed by atoms with E-state index in [0.717, 1.165) is 28.2 Å². The molecule has 1 aliphatic heterocycles. The zero-order valence-electron chi connectivity index (χ0n) is 19.5. The first-order valence-corrected chi connectivity index (χ1v) is 11.0. The van der Waals surface area contributed by atoms with Crippen LogP contribution in [0.1, 0.15) is 29.4 Å². The van der Waals surface area contributed by atoms with Gasteiger partial charge in [-0.3, -0.25) is 4.79 Å². The first-order valence-electron chi connectivity index (χ1n) is 11.0. The molecule has 1 amide bonds. The minimum atomic E-state index is -0.494. The van der Waals surface area contributed by atoms with E-state index >= 15 is 0 Å². The standard InChI is InChI=1S/C28H28N2O3/c1-19-17-23(20(2)30(19)24-13-9-6-10-14-24)18-25-26(28(32)33-4)21(3)29(27(25)31)16-15-22-11-7-5-8-12-22/h5-14,17-18H,15-16H2,1-4H3/b25-18-. The molecule has 5 nitrogen and oxygen atoms in total. The number of carbonyl (C=O) groups is 2. The van der Waals surface area contributed by atoms with Crippen LogP contribution in [0.5, 0.6) is 0 Å². The minimum Gasteiger partial charge on any atom is -0.465 e. The maximum Gasteiger partial charge on any atom is 0.340 e. The van der Waals surface area contributed by atoms with Crippen molar-refractivity contribution in [3.8, 4) is 5.69 Å². The highest BCUT2D eigenvalue weighted by Gasteiger charge is 2.37. The average molecular weight is 441 g/mol. The van der Waals surface area contributed by atoms with E-state index in [1.165, 1.54) is 7.11 Å². The lowest BCUT2D eigenvalue weighted by molar-refractivity contribution is -0.136. The fourth-order valence-corrected chi connectivity index (χ4v) is 4.45. The summed E-state index contributed by atoms with van der Waals surface area (Å²) in [7, 11) is 1.35. The molecular formula is C28H28N2O3. The SMILES string of the molecule is COC(=O)C1=C(C)N(CCc2ccccc2)C(=O)/C1=C\c1cc(C)n(-c2ccccc2)c1C. The van der Waals surface area contributed by atoms with Gasteiger partial charge in [-0.25, -0.2) is 4.79 Å². The van der Waals surface area contributed by atoms with E-state index in [9.17, 15) is 9.59 Å². The maximum atomic E-state index is 13.4. The van der Waals surface area contributed by atoms with Crippen LogP contribution < -0.4 is 0 Å². The highest BCUT2D eigenvalue weighted by molar-refractivity contribution is 6.16. The van der Waals surface area contributed by atoms with Gasteiger partial charge in [0, 0.05) is 29.3 Å². The first kappa shape index (κ1) is 22.3. The van der Waals surface area contributed by atoms with E-state index in [1.807, 2.05) is 93.6 Å². The summed E-state index contributed by atoms with van der Waals surface area (Å²) in [6.45, 7) is 6.36. The highest BCUT2D eigenvalue weighted by atomic mass is 16.5. The summed E-state index contributed by atoms with van der Waals surface area (Å²) >= 11 is 0. The zero-order valence-corrected chi connectivity index (χ0v) is 19.5. The average Bonchev–Trinajstić information content (AvgIpc) is 3.24. The first-order chi connectivity index (χ1) is 15.9. The Labute approximate surface area is 194 Å². The van der Waals surface area contributed by atoms with Crippen molar-refractivity contribution in [1.29, 1.82) is 0 Å². The summed E-state index contributed by atoms with van der Waals surface area (Å²) in [5.41, 5.74) is 6.49. The molecule has 2 aromatic carbocycles. The van der Waals surface area contributed by atoms with Gasteiger partial charge < -0.3 is 14.2 Å². The number of methoxy groups -OCH3 is 1. The van der Waals surface area contributed by atoms with Crippen LogP contribution in [0.4, 0.5) is 0 Å². The predicted molar refractivity (Wildman–Crippen MR) is 130 cm³/mol. The molecule has 2 heterocycles. The van der Waals surface area contributed by atoms with Crippen molar-refractivity contribution < 1.29 is 14.3 Å². The van der Waals surface area contributed by atoms with Crippen molar-refractivity contribution in [3.63, 3.8) is 0 Å².